The zero-order valence-corrected chi connectivity index (χ0v) is 21.7. The van der Waals surface area contributed by atoms with Crippen LogP contribution in [0.4, 0.5) is 4.39 Å². The molecule has 1 heterocycles. The van der Waals surface area contributed by atoms with Crippen LogP contribution in [0.25, 0.3) is 0 Å². The Morgan fingerprint density at radius 3 is 2.42 bits per heavy atom. The molecule has 0 spiro atoms. The molecule has 180 valence electrons. The van der Waals surface area contributed by atoms with Gasteiger partial charge in [-0.1, -0.05) is 30.3 Å². The lowest BCUT2D eigenvalue weighted by atomic mass is 9.95. The van der Waals surface area contributed by atoms with E-state index < -0.39 is 0 Å². The zero-order valence-electron chi connectivity index (χ0n) is 19.4. The summed E-state index contributed by atoms with van der Waals surface area (Å²) in [6.07, 6.45) is 1.97. The van der Waals surface area contributed by atoms with Gasteiger partial charge in [-0.25, -0.2) is 4.39 Å². The second kappa shape index (κ2) is 12.0. The van der Waals surface area contributed by atoms with Crippen molar-refractivity contribution in [2.24, 2.45) is 4.99 Å². The lowest BCUT2D eigenvalue weighted by molar-refractivity contribution is 0.0170. The van der Waals surface area contributed by atoms with E-state index in [9.17, 15) is 4.39 Å². The highest BCUT2D eigenvalue weighted by Gasteiger charge is 2.45. The topological polar surface area (TPSA) is 58.1 Å². The molecule has 1 atom stereocenters. The molecule has 2 aromatic rings. The van der Waals surface area contributed by atoms with Crippen LogP contribution in [0.15, 0.2) is 53.5 Å². The predicted molar refractivity (Wildman–Crippen MR) is 140 cm³/mol. The molecule has 4 rings (SSSR count). The number of rotatable bonds is 8. The third kappa shape index (κ3) is 6.36. The standard InChI is InChI=1S/C25H33FN4O2.HI/c1-27-24(29-18-25(11-12-25)21-5-3-4-6-22(21)26)28-17-23(30-13-15-32-16-14-30)19-7-9-20(31-2)10-8-19;/h3-10,23H,11-18H2,1-2H3,(H2,27,28,29);1H. The third-order valence-corrected chi connectivity index (χ3v) is 6.57. The number of nitrogens with one attached hydrogen (secondary N) is 2. The Labute approximate surface area is 213 Å². The monoisotopic (exact) mass is 568 g/mol. The highest BCUT2D eigenvalue weighted by atomic mass is 127. The average molecular weight is 568 g/mol. The molecule has 1 unspecified atom stereocenters. The minimum atomic E-state index is -0.136. The summed E-state index contributed by atoms with van der Waals surface area (Å²) in [5.74, 6) is 1.46. The quantitative estimate of drug-likeness (QED) is 0.289. The summed E-state index contributed by atoms with van der Waals surface area (Å²) < 4.78 is 25.2. The van der Waals surface area contributed by atoms with Crippen LogP contribution in [0, 0.1) is 5.82 Å². The van der Waals surface area contributed by atoms with Gasteiger partial charge in [0.15, 0.2) is 5.96 Å². The molecule has 0 bridgehead atoms. The fraction of sp³-hybridized carbons (Fsp3) is 0.480. The summed E-state index contributed by atoms with van der Waals surface area (Å²) >= 11 is 0. The molecule has 0 aromatic heterocycles. The van der Waals surface area contributed by atoms with Crippen molar-refractivity contribution in [2.75, 3.05) is 53.6 Å². The van der Waals surface area contributed by atoms with E-state index in [0.717, 1.165) is 56.4 Å². The van der Waals surface area contributed by atoms with Crippen LogP contribution >= 0.6 is 24.0 Å². The zero-order chi connectivity index (χ0) is 22.4. The second-order valence-electron chi connectivity index (χ2n) is 8.50. The van der Waals surface area contributed by atoms with Gasteiger partial charge in [-0.05, 0) is 42.2 Å². The van der Waals surface area contributed by atoms with Crippen molar-refractivity contribution in [3.63, 3.8) is 0 Å². The molecule has 2 fully saturated rings. The first-order chi connectivity index (χ1) is 15.6. The van der Waals surface area contributed by atoms with Crippen LogP contribution in [0.1, 0.15) is 30.0 Å². The minimum absolute atomic E-state index is 0. The van der Waals surface area contributed by atoms with Crippen LogP contribution in [-0.4, -0.2) is 64.4 Å². The van der Waals surface area contributed by atoms with Crippen LogP contribution in [-0.2, 0) is 10.2 Å². The molecule has 0 amide bonds. The van der Waals surface area contributed by atoms with Gasteiger partial charge in [-0.15, -0.1) is 24.0 Å². The van der Waals surface area contributed by atoms with Gasteiger partial charge in [0, 0.05) is 38.6 Å². The average Bonchev–Trinajstić information content (AvgIpc) is 3.63. The van der Waals surface area contributed by atoms with E-state index in [2.05, 4.69) is 32.7 Å². The fourth-order valence-corrected chi connectivity index (χ4v) is 4.42. The van der Waals surface area contributed by atoms with Crippen molar-refractivity contribution in [1.82, 2.24) is 15.5 Å². The maximum atomic E-state index is 14.3. The number of hydrogen-bond donors (Lipinski definition) is 2. The molecule has 2 aromatic carbocycles. The first-order valence-corrected chi connectivity index (χ1v) is 11.3. The Bertz CT molecular complexity index is 915. The molecule has 6 nitrogen and oxygen atoms in total. The Kier molecular flexibility index (Phi) is 9.34. The lowest BCUT2D eigenvalue weighted by Gasteiger charge is -2.35. The lowest BCUT2D eigenvalue weighted by Crippen LogP contribution is -2.47. The van der Waals surface area contributed by atoms with Gasteiger partial charge in [0.05, 0.1) is 26.4 Å². The fourth-order valence-electron chi connectivity index (χ4n) is 4.42. The molecule has 1 aliphatic heterocycles. The summed E-state index contributed by atoms with van der Waals surface area (Å²) in [5.41, 5.74) is 1.88. The number of methoxy groups -OCH3 is 1. The summed E-state index contributed by atoms with van der Waals surface area (Å²) in [6.45, 7) is 4.63. The predicted octanol–water partition coefficient (Wildman–Crippen LogP) is 3.72. The van der Waals surface area contributed by atoms with Crippen molar-refractivity contribution in [1.29, 1.82) is 0 Å². The van der Waals surface area contributed by atoms with E-state index in [-0.39, 0.29) is 41.3 Å². The summed E-state index contributed by atoms with van der Waals surface area (Å²) in [7, 11) is 3.45. The van der Waals surface area contributed by atoms with Gasteiger partial charge >= 0.3 is 0 Å². The van der Waals surface area contributed by atoms with E-state index >= 15 is 0 Å². The molecule has 2 N–H and O–H groups in total. The van der Waals surface area contributed by atoms with Crippen molar-refractivity contribution < 1.29 is 13.9 Å². The maximum absolute atomic E-state index is 14.3. The first-order valence-electron chi connectivity index (χ1n) is 11.3. The van der Waals surface area contributed by atoms with Crippen LogP contribution in [0.2, 0.25) is 0 Å². The van der Waals surface area contributed by atoms with Crippen molar-refractivity contribution >= 4 is 29.9 Å². The Morgan fingerprint density at radius 1 is 1.12 bits per heavy atom. The summed E-state index contributed by atoms with van der Waals surface area (Å²) in [6, 6.07) is 15.5. The SMILES string of the molecule is CN=C(NCC(c1ccc(OC)cc1)N1CCOCC1)NCC1(c2ccccc2F)CC1.I. The number of benzene rings is 2. The molecule has 1 saturated carbocycles. The Balaban J connectivity index is 0.00000306. The smallest absolute Gasteiger partial charge is 0.191 e. The molecule has 1 saturated heterocycles. The second-order valence-corrected chi connectivity index (χ2v) is 8.50. The molecule has 33 heavy (non-hydrogen) atoms. The number of guanidine groups is 1. The highest BCUT2D eigenvalue weighted by molar-refractivity contribution is 14.0. The molecule has 8 heteroatoms. The van der Waals surface area contributed by atoms with Crippen molar-refractivity contribution in [2.45, 2.75) is 24.3 Å². The van der Waals surface area contributed by atoms with E-state index in [1.54, 1.807) is 26.3 Å². The number of aliphatic imine (C=N–C) groups is 1. The van der Waals surface area contributed by atoms with Crippen molar-refractivity contribution in [3.05, 3.63) is 65.5 Å². The van der Waals surface area contributed by atoms with Crippen LogP contribution in [0.5, 0.6) is 5.75 Å². The number of ether oxygens (including phenoxy) is 2. The normalized spacial score (nSPS) is 18.7. The van der Waals surface area contributed by atoms with E-state index in [0.29, 0.717) is 13.1 Å². The molecule has 1 aliphatic carbocycles. The number of hydrogen-bond acceptors (Lipinski definition) is 4. The molecular weight excluding hydrogens is 534 g/mol. The third-order valence-electron chi connectivity index (χ3n) is 6.57. The molecule has 0 radical (unpaired) electrons. The van der Waals surface area contributed by atoms with Crippen LogP contribution in [0.3, 0.4) is 0 Å². The van der Waals surface area contributed by atoms with E-state index in [1.165, 1.54) is 5.56 Å². The Morgan fingerprint density at radius 2 is 1.82 bits per heavy atom. The van der Waals surface area contributed by atoms with E-state index in [4.69, 9.17) is 9.47 Å². The van der Waals surface area contributed by atoms with Gasteiger partial charge < -0.3 is 20.1 Å². The van der Waals surface area contributed by atoms with Gasteiger partial charge in [0.1, 0.15) is 11.6 Å². The number of nitrogens with zero attached hydrogens (tertiary/aromatic N) is 2. The van der Waals surface area contributed by atoms with Gasteiger partial charge in [0.2, 0.25) is 0 Å². The highest BCUT2D eigenvalue weighted by Crippen LogP contribution is 2.48. The van der Waals surface area contributed by atoms with Gasteiger partial charge in [-0.3, -0.25) is 9.89 Å². The summed E-state index contributed by atoms with van der Waals surface area (Å²) in [4.78, 5) is 6.85. The van der Waals surface area contributed by atoms with Gasteiger partial charge in [0.25, 0.3) is 0 Å². The minimum Gasteiger partial charge on any atom is -0.497 e. The van der Waals surface area contributed by atoms with E-state index in [1.807, 2.05) is 24.3 Å². The molecular formula is C25H34FIN4O2. The van der Waals surface area contributed by atoms with Crippen LogP contribution < -0.4 is 15.4 Å². The Hall–Kier alpha value is -1.91. The van der Waals surface area contributed by atoms with Gasteiger partial charge in [-0.2, -0.15) is 0 Å². The largest absolute Gasteiger partial charge is 0.497 e. The summed E-state index contributed by atoms with van der Waals surface area (Å²) in [5, 5.41) is 6.93. The maximum Gasteiger partial charge on any atom is 0.191 e. The molecule has 2 aliphatic rings. The number of morpholine rings is 1. The first kappa shape index (κ1) is 25.7. The number of halogens is 2. The van der Waals surface area contributed by atoms with Crippen molar-refractivity contribution in [3.8, 4) is 5.75 Å².